The second kappa shape index (κ2) is 7.71. The molecule has 1 unspecified atom stereocenters. The summed E-state index contributed by atoms with van der Waals surface area (Å²) >= 11 is 0. The molecule has 1 N–H and O–H groups in total. The van der Waals surface area contributed by atoms with E-state index in [1.807, 2.05) is 0 Å². The fraction of sp³-hybridized carbons (Fsp3) is 0.533. The highest BCUT2D eigenvalue weighted by Gasteiger charge is 2.42. The molecule has 10 heteroatoms. The Bertz CT molecular complexity index is 694. The Kier molecular flexibility index (Phi) is 6.07. The molecule has 1 aliphatic rings. The fourth-order valence-corrected chi connectivity index (χ4v) is 4.53. The second-order valence-corrected chi connectivity index (χ2v) is 7.68. The normalized spacial score (nSPS) is 19.4. The number of rotatable bonds is 7. The smallest absolute Gasteiger partial charge is 0.390 e. The highest BCUT2D eigenvalue weighted by atomic mass is 32.2. The van der Waals surface area contributed by atoms with Crippen LogP contribution in [0.25, 0.3) is 0 Å². The average Bonchev–Trinajstić information content (AvgIpc) is 3.02. The van der Waals surface area contributed by atoms with Crippen molar-refractivity contribution in [1.82, 2.24) is 8.61 Å². The number of carboxylic acid groups (broad SMARTS) is 1. The van der Waals surface area contributed by atoms with E-state index >= 15 is 0 Å². The molecule has 1 fully saturated rings. The predicted octanol–water partition coefficient (Wildman–Crippen LogP) is 2.23. The number of carbonyl (C=O) groups is 1. The summed E-state index contributed by atoms with van der Waals surface area (Å²) < 4.78 is 64.9. The van der Waals surface area contributed by atoms with Crippen molar-refractivity contribution >= 4 is 16.2 Å². The molecule has 0 bridgehead atoms. The third kappa shape index (κ3) is 5.16. The number of carboxylic acids is 1. The van der Waals surface area contributed by atoms with E-state index < -0.39 is 41.4 Å². The van der Waals surface area contributed by atoms with Gasteiger partial charge in [-0.2, -0.15) is 30.2 Å². The number of benzene rings is 1. The topological polar surface area (TPSA) is 77.9 Å². The van der Waals surface area contributed by atoms with Gasteiger partial charge in [0.05, 0.1) is 6.42 Å². The van der Waals surface area contributed by atoms with Crippen LogP contribution < -0.4 is 0 Å². The molecular formula is C15H19F3N2O4S. The molecule has 1 aromatic rings. The maximum absolute atomic E-state index is 12.8. The lowest BCUT2D eigenvalue weighted by Gasteiger charge is -2.30. The van der Waals surface area contributed by atoms with Crippen molar-refractivity contribution in [3.63, 3.8) is 0 Å². The summed E-state index contributed by atoms with van der Waals surface area (Å²) in [6.45, 7) is -1.03. The third-order valence-corrected chi connectivity index (χ3v) is 5.95. The zero-order chi connectivity index (χ0) is 18.7. The Labute approximate surface area is 144 Å². The highest BCUT2D eigenvalue weighted by molar-refractivity contribution is 7.86. The number of halogens is 3. The lowest BCUT2D eigenvalue weighted by molar-refractivity contribution is -0.141. The minimum atomic E-state index is -4.51. The van der Waals surface area contributed by atoms with E-state index in [1.54, 1.807) is 30.3 Å². The van der Waals surface area contributed by atoms with Gasteiger partial charge in [0.1, 0.15) is 6.04 Å². The molecule has 25 heavy (non-hydrogen) atoms. The van der Waals surface area contributed by atoms with E-state index in [4.69, 9.17) is 0 Å². The van der Waals surface area contributed by atoms with Crippen LogP contribution in [-0.4, -0.2) is 53.4 Å². The average molecular weight is 380 g/mol. The van der Waals surface area contributed by atoms with Gasteiger partial charge in [-0.3, -0.25) is 4.79 Å². The van der Waals surface area contributed by atoms with Crippen LogP contribution in [0.5, 0.6) is 0 Å². The summed E-state index contributed by atoms with van der Waals surface area (Å²) in [5.41, 5.74) is 0.527. The second-order valence-electron chi connectivity index (χ2n) is 5.80. The van der Waals surface area contributed by atoms with Gasteiger partial charge in [-0.15, -0.1) is 0 Å². The number of nitrogens with zero attached hydrogens (tertiary/aromatic N) is 2. The first kappa shape index (κ1) is 19.7. The van der Waals surface area contributed by atoms with E-state index in [0.717, 1.165) is 4.31 Å². The van der Waals surface area contributed by atoms with Crippen LogP contribution >= 0.6 is 0 Å². The van der Waals surface area contributed by atoms with Crippen LogP contribution in [0.2, 0.25) is 0 Å². The molecule has 1 aromatic carbocycles. The molecule has 1 saturated heterocycles. The molecule has 0 amide bonds. The number of aliphatic carboxylic acids is 1. The molecule has 2 rings (SSSR count). The van der Waals surface area contributed by atoms with Gasteiger partial charge in [-0.1, -0.05) is 30.3 Å². The summed E-state index contributed by atoms with van der Waals surface area (Å²) in [6.07, 6.45) is -5.31. The van der Waals surface area contributed by atoms with Crippen molar-refractivity contribution in [2.45, 2.75) is 38.0 Å². The van der Waals surface area contributed by atoms with Gasteiger partial charge in [-0.25, -0.2) is 0 Å². The minimum absolute atomic E-state index is 0.0173. The number of alkyl halides is 3. The Morgan fingerprint density at radius 2 is 1.92 bits per heavy atom. The maximum Gasteiger partial charge on any atom is 0.390 e. The molecule has 0 aromatic heterocycles. The van der Waals surface area contributed by atoms with Gasteiger partial charge in [0.2, 0.25) is 0 Å². The number of hydrogen-bond acceptors (Lipinski definition) is 3. The summed E-state index contributed by atoms with van der Waals surface area (Å²) in [5, 5.41) is 9.17. The highest BCUT2D eigenvalue weighted by Crippen LogP contribution is 2.27. The van der Waals surface area contributed by atoms with Gasteiger partial charge < -0.3 is 5.11 Å². The third-order valence-electron chi connectivity index (χ3n) is 3.96. The Morgan fingerprint density at radius 1 is 1.28 bits per heavy atom. The molecular weight excluding hydrogens is 361 g/mol. The molecule has 0 saturated carbocycles. The summed E-state index contributed by atoms with van der Waals surface area (Å²) in [6, 6.07) is 6.98. The first-order chi connectivity index (χ1) is 11.6. The Morgan fingerprint density at radius 3 is 2.48 bits per heavy atom. The van der Waals surface area contributed by atoms with Gasteiger partial charge in [0.25, 0.3) is 10.2 Å². The van der Waals surface area contributed by atoms with Gasteiger partial charge in [-0.05, 0) is 18.4 Å². The summed E-state index contributed by atoms with van der Waals surface area (Å²) in [7, 11) is -4.33. The molecule has 0 aliphatic carbocycles. The SMILES string of the molecule is O=C(O)C1CCCN1S(=O)(=O)N(CCC(F)(F)F)Cc1ccccc1. The molecule has 140 valence electrons. The van der Waals surface area contributed by atoms with E-state index in [9.17, 15) is 31.5 Å². The van der Waals surface area contributed by atoms with Crippen molar-refractivity contribution in [3.8, 4) is 0 Å². The van der Waals surface area contributed by atoms with Crippen molar-refractivity contribution < 1.29 is 31.5 Å². The van der Waals surface area contributed by atoms with Crippen molar-refractivity contribution in [2.75, 3.05) is 13.1 Å². The largest absolute Gasteiger partial charge is 0.480 e. The maximum atomic E-state index is 12.8. The molecule has 0 spiro atoms. The van der Waals surface area contributed by atoms with Crippen molar-refractivity contribution in [3.05, 3.63) is 35.9 Å². The van der Waals surface area contributed by atoms with E-state index in [2.05, 4.69) is 0 Å². The quantitative estimate of drug-likeness (QED) is 0.787. The van der Waals surface area contributed by atoms with Gasteiger partial charge in [0.15, 0.2) is 0 Å². The molecule has 1 atom stereocenters. The van der Waals surface area contributed by atoms with Crippen LogP contribution in [0.1, 0.15) is 24.8 Å². The summed E-state index contributed by atoms with van der Waals surface area (Å²) in [4.78, 5) is 11.3. The van der Waals surface area contributed by atoms with E-state index in [0.29, 0.717) is 16.3 Å². The predicted molar refractivity (Wildman–Crippen MR) is 83.8 cm³/mol. The molecule has 1 heterocycles. The van der Waals surface area contributed by atoms with Crippen LogP contribution in [0.4, 0.5) is 13.2 Å². The molecule has 1 aliphatic heterocycles. The molecule has 6 nitrogen and oxygen atoms in total. The zero-order valence-corrected chi connectivity index (χ0v) is 14.1. The van der Waals surface area contributed by atoms with Crippen LogP contribution in [0.3, 0.4) is 0 Å². The van der Waals surface area contributed by atoms with Crippen LogP contribution in [0.15, 0.2) is 30.3 Å². The van der Waals surface area contributed by atoms with Crippen molar-refractivity contribution in [2.24, 2.45) is 0 Å². The first-order valence-electron chi connectivity index (χ1n) is 7.71. The van der Waals surface area contributed by atoms with Crippen molar-refractivity contribution in [1.29, 1.82) is 0 Å². The minimum Gasteiger partial charge on any atom is -0.480 e. The number of hydrogen-bond donors (Lipinski definition) is 1. The van der Waals surface area contributed by atoms with Crippen LogP contribution in [-0.2, 0) is 21.5 Å². The fourth-order valence-electron chi connectivity index (χ4n) is 2.73. The Balaban J connectivity index is 2.27. The standard InChI is InChI=1S/C15H19F3N2O4S/c16-15(17,18)8-10-19(11-12-5-2-1-3-6-12)25(23,24)20-9-4-7-13(20)14(21)22/h1-3,5-6,13H,4,7-11H2,(H,21,22). The van der Waals surface area contributed by atoms with E-state index in [1.165, 1.54) is 0 Å². The lowest BCUT2D eigenvalue weighted by Crippen LogP contribution is -2.48. The molecule has 0 radical (unpaired) electrons. The van der Waals surface area contributed by atoms with Crippen LogP contribution in [0, 0.1) is 0 Å². The Hall–Kier alpha value is -1.65. The van der Waals surface area contributed by atoms with Gasteiger partial charge >= 0.3 is 12.1 Å². The van der Waals surface area contributed by atoms with E-state index in [-0.39, 0.29) is 19.5 Å². The lowest BCUT2D eigenvalue weighted by atomic mass is 10.2. The first-order valence-corrected chi connectivity index (χ1v) is 9.11. The summed E-state index contributed by atoms with van der Waals surface area (Å²) in [5.74, 6) is -1.29. The van der Waals surface area contributed by atoms with Gasteiger partial charge in [0, 0.05) is 19.6 Å². The monoisotopic (exact) mass is 380 g/mol. The zero-order valence-electron chi connectivity index (χ0n) is 13.3.